The number of hydrogen-bond acceptors (Lipinski definition) is 4. The van der Waals surface area contributed by atoms with Crippen LogP contribution in [0, 0.1) is 9.39 Å². The molecule has 0 aromatic heterocycles. The molecule has 1 N–H and O–H groups in total. The number of thioether (sulfide) groups is 1. The van der Waals surface area contributed by atoms with Crippen molar-refractivity contribution in [2.24, 2.45) is 4.99 Å². The predicted molar refractivity (Wildman–Crippen MR) is 115 cm³/mol. The first-order chi connectivity index (χ1) is 12.4. The maximum atomic E-state index is 13.1. The van der Waals surface area contributed by atoms with Crippen LogP contribution in [0.5, 0.6) is 5.75 Å². The molecule has 2 aromatic rings. The molecule has 0 saturated carbocycles. The van der Waals surface area contributed by atoms with E-state index >= 15 is 0 Å². The number of carbonyl (C=O) groups excluding carboxylic acids is 1. The van der Waals surface area contributed by atoms with Crippen LogP contribution < -0.4 is 0 Å². The van der Waals surface area contributed by atoms with Crippen LogP contribution in [-0.4, -0.2) is 27.6 Å². The molecule has 0 unspecified atom stereocenters. The fourth-order valence-corrected chi connectivity index (χ4v) is 4.88. The third kappa shape index (κ3) is 4.12. The van der Waals surface area contributed by atoms with Crippen molar-refractivity contribution in [3.05, 3.63) is 60.7 Å². The highest BCUT2D eigenvalue weighted by Crippen LogP contribution is 2.36. The SMILES string of the molecule is CCN1C(=O)/C(=C\c2cc(Br)c(O)c(I)c2)SC1=Nc1ccc(F)cc1. The molecule has 134 valence electrons. The number of aliphatic imine (C=N–C) groups is 1. The molecule has 1 saturated heterocycles. The number of halogens is 3. The van der Waals surface area contributed by atoms with Gasteiger partial charge >= 0.3 is 0 Å². The van der Waals surface area contributed by atoms with Crippen molar-refractivity contribution >= 4 is 73.1 Å². The number of likely N-dealkylation sites (N-methyl/N-ethyl adjacent to an activating group) is 1. The molecule has 8 heteroatoms. The van der Waals surface area contributed by atoms with E-state index in [9.17, 15) is 14.3 Å². The van der Waals surface area contributed by atoms with Crippen LogP contribution in [0.15, 0.2) is 50.8 Å². The number of aromatic hydroxyl groups is 1. The summed E-state index contributed by atoms with van der Waals surface area (Å²) in [5.41, 5.74) is 1.39. The predicted octanol–water partition coefficient (Wildman–Crippen LogP) is 5.52. The van der Waals surface area contributed by atoms with E-state index < -0.39 is 0 Å². The Hall–Kier alpha value is -1.39. The van der Waals surface area contributed by atoms with Gasteiger partial charge in [-0.25, -0.2) is 9.38 Å². The van der Waals surface area contributed by atoms with Gasteiger partial charge in [0.2, 0.25) is 0 Å². The third-order valence-corrected chi connectivity index (χ3v) is 6.03. The Bertz CT molecular complexity index is 908. The van der Waals surface area contributed by atoms with E-state index in [1.54, 1.807) is 35.2 Å². The number of phenols is 1. The molecule has 1 amide bonds. The molecule has 4 nitrogen and oxygen atoms in total. The van der Waals surface area contributed by atoms with Gasteiger partial charge in [-0.05, 0) is 105 Å². The second-order valence-corrected chi connectivity index (χ2v) is 8.39. The van der Waals surface area contributed by atoms with Gasteiger partial charge in [-0.3, -0.25) is 9.69 Å². The van der Waals surface area contributed by atoms with Gasteiger partial charge in [0.15, 0.2) is 5.17 Å². The van der Waals surface area contributed by atoms with Gasteiger partial charge in [-0.2, -0.15) is 0 Å². The minimum Gasteiger partial charge on any atom is -0.506 e. The Balaban J connectivity index is 1.95. The average molecular weight is 547 g/mol. The van der Waals surface area contributed by atoms with Crippen LogP contribution in [0.1, 0.15) is 12.5 Å². The van der Waals surface area contributed by atoms with Crippen LogP contribution >= 0.6 is 50.3 Å². The van der Waals surface area contributed by atoms with Gasteiger partial charge in [0.05, 0.1) is 18.6 Å². The van der Waals surface area contributed by atoms with Gasteiger partial charge in [0.25, 0.3) is 5.91 Å². The largest absolute Gasteiger partial charge is 0.506 e. The van der Waals surface area contributed by atoms with Crippen LogP contribution in [0.2, 0.25) is 0 Å². The van der Waals surface area contributed by atoms with E-state index in [1.807, 2.05) is 29.5 Å². The minimum atomic E-state index is -0.329. The van der Waals surface area contributed by atoms with Crippen LogP contribution in [0.25, 0.3) is 6.08 Å². The number of carbonyl (C=O) groups is 1. The lowest BCUT2D eigenvalue weighted by Crippen LogP contribution is -2.28. The summed E-state index contributed by atoms with van der Waals surface area (Å²) >= 11 is 6.62. The molecular weight excluding hydrogens is 534 g/mol. The number of amidine groups is 1. The molecule has 2 aromatic carbocycles. The van der Waals surface area contributed by atoms with Crippen LogP contribution in [-0.2, 0) is 4.79 Å². The fraction of sp³-hybridized carbons (Fsp3) is 0.111. The molecule has 0 spiro atoms. The van der Waals surface area contributed by atoms with Crippen LogP contribution in [0.4, 0.5) is 10.1 Å². The van der Waals surface area contributed by atoms with Crippen molar-refractivity contribution in [1.82, 2.24) is 4.90 Å². The summed E-state index contributed by atoms with van der Waals surface area (Å²) in [6.45, 7) is 2.36. The molecule has 26 heavy (non-hydrogen) atoms. The molecule has 0 radical (unpaired) electrons. The van der Waals surface area contributed by atoms with Crippen molar-refractivity contribution in [3.63, 3.8) is 0 Å². The number of benzene rings is 2. The third-order valence-electron chi connectivity index (χ3n) is 3.59. The summed E-state index contributed by atoms with van der Waals surface area (Å²) in [7, 11) is 0. The van der Waals surface area contributed by atoms with Gasteiger partial charge in [-0.15, -0.1) is 0 Å². The minimum absolute atomic E-state index is 0.127. The maximum absolute atomic E-state index is 13.1. The van der Waals surface area contributed by atoms with Crippen LogP contribution in [0.3, 0.4) is 0 Å². The first kappa shape index (κ1) is 19.4. The summed E-state index contributed by atoms with van der Waals surface area (Å²) in [5.74, 6) is -0.283. The molecule has 0 bridgehead atoms. The molecule has 1 aliphatic rings. The van der Waals surface area contributed by atoms with Crippen molar-refractivity contribution in [3.8, 4) is 5.75 Å². The van der Waals surface area contributed by atoms with Crippen molar-refractivity contribution in [2.45, 2.75) is 6.92 Å². The van der Waals surface area contributed by atoms with Crippen molar-refractivity contribution < 1.29 is 14.3 Å². The Kier molecular flexibility index (Phi) is 6.03. The second kappa shape index (κ2) is 8.10. The zero-order valence-corrected chi connectivity index (χ0v) is 18.1. The quantitative estimate of drug-likeness (QED) is 0.407. The summed E-state index contributed by atoms with van der Waals surface area (Å²) in [4.78, 5) is 19.3. The molecule has 1 fully saturated rings. The highest BCUT2D eigenvalue weighted by Gasteiger charge is 2.32. The number of rotatable bonds is 3. The monoisotopic (exact) mass is 546 g/mol. The lowest BCUT2D eigenvalue weighted by Gasteiger charge is -2.11. The Morgan fingerprint density at radius 1 is 1.35 bits per heavy atom. The van der Waals surface area contributed by atoms with Crippen molar-refractivity contribution in [1.29, 1.82) is 0 Å². The second-order valence-electron chi connectivity index (χ2n) is 5.36. The Labute approximate surface area is 176 Å². The molecular formula is C18H13BrFIN2O2S. The average Bonchev–Trinajstić information content (AvgIpc) is 2.89. The van der Waals surface area contributed by atoms with Crippen molar-refractivity contribution in [2.75, 3.05) is 6.54 Å². The van der Waals surface area contributed by atoms with E-state index in [0.717, 1.165) is 5.56 Å². The summed E-state index contributed by atoms with van der Waals surface area (Å²) in [6, 6.07) is 9.37. The summed E-state index contributed by atoms with van der Waals surface area (Å²) < 4.78 is 14.3. The van der Waals surface area contributed by atoms with E-state index in [1.165, 1.54) is 23.9 Å². The zero-order chi connectivity index (χ0) is 18.8. The Morgan fingerprint density at radius 3 is 2.65 bits per heavy atom. The maximum Gasteiger partial charge on any atom is 0.266 e. The first-order valence-corrected chi connectivity index (χ1v) is 10.3. The number of hydrogen-bond donors (Lipinski definition) is 1. The summed E-state index contributed by atoms with van der Waals surface area (Å²) in [6.07, 6.45) is 1.77. The molecule has 0 aliphatic carbocycles. The highest BCUT2D eigenvalue weighted by molar-refractivity contribution is 14.1. The summed E-state index contributed by atoms with van der Waals surface area (Å²) in [5, 5.41) is 10.4. The van der Waals surface area contributed by atoms with E-state index in [0.29, 0.717) is 30.3 Å². The fourth-order valence-electron chi connectivity index (χ4n) is 2.32. The molecule has 0 atom stereocenters. The molecule has 3 rings (SSSR count). The number of nitrogens with zero attached hydrogens (tertiary/aromatic N) is 2. The molecule has 1 aliphatic heterocycles. The Morgan fingerprint density at radius 2 is 2.04 bits per heavy atom. The first-order valence-electron chi connectivity index (χ1n) is 7.62. The number of phenolic OH excluding ortho intramolecular Hbond substituents is 1. The van der Waals surface area contributed by atoms with Gasteiger partial charge in [-0.1, -0.05) is 0 Å². The topological polar surface area (TPSA) is 52.9 Å². The van der Waals surface area contributed by atoms with Gasteiger partial charge < -0.3 is 5.11 Å². The zero-order valence-electron chi connectivity index (χ0n) is 13.5. The van der Waals surface area contributed by atoms with E-state index in [-0.39, 0.29) is 17.5 Å². The van der Waals surface area contributed by atoms with Gasteiger partial charge in [0, 0.05) is 6.54 Å². The van der Waals surface area contributed by atoms with E-state index in [4.69, 9.17) is 0 Å². The van der Waals surface area contributed by atoms with Gasteiger partial charge in [0.1, 0.15) is 11.6 Å². The smallest absolute Gasteiger partial charge is 0.266 e. The highest BCUT2D eigenvalue weighted by atomic mass is 127. The van der Waals surface area contributed by atoms with E-state index in [2.05, 4.69) is 20.9 Å². The standard InChI is InChI=1S/C18H13BrFIN2O2S/c1-2-23-17(25)15(9-10-7-13(19)16(24)14(21)8-10)26-18(23)22-12-5-3-11(20)4-6-12/h3-9,24H,2H2,1H3/b15-9+,22-18?. The molecule has 1 heterocycles. The normalized spacial score (nSPS) is 17.5. The number of amides is 1. The lowest BCUT2D eigenvalue weighted by molar-refractivity contribution is -0.122. The lowest BCUT2D eigenvalue weighted by atomic mass is 10.2.